The number of rotatable bonds is 6. The molecule has 5 aromatic rings. The molecule has 11 nitrogen and oxygen atoms in total. The summed E-state index contributed by atoms with van der Waals surface area (Å²) in [5, 5.41) is 6.43. The van der Waals surface area contributed by atoms with E-state index < -0.39 is 27.4 Å². The van der Waals surface area contributed by atoms with E-state index in [2.05, 4.69) is 30.1 Å². The second-order valence-corrected chi connectivity index (χ2v) is 9.08. The molecule has 3 aromatic carbocycles. The molecule has 2 aromatic heterocycles. The van der Waals surface area contributed by atoms with E-state index in [0.717, 1.165) is 6.07 Å². The molecule has 0 aliphatic heterocycles. The number of H-pyrrole nitrogens is 2. The number of halogens is 1. The summed E-state index contributed by atoms with van der Waals surface area (Å²) in [6, 6.07) is 14.1. The van der Waals surface area contributed by atoms with Gasteiger partial charge in [0.2, 0.25) is 0 Å². The van der Waals surface area contributed by atoms with Crippen LogP contribution in [-0.4, -0.2) is 39.1 Å². The van der Waals surface area contributed by atoms with Crippen molar-refractivity contribution in [2.45, 2.75) is 4.90 Å². The zero-order valence-corrected chi connectivity index (χ0v) is 18.5. The highest BCUT2D eigenvalue weighted by atomic mass is 32.2. The number of hydrogen-bond donors (Lipinski definition) is 4. The van der Waals surface area contributed by atoms with Gasteiger partial charge in [-0.2, -0.15) is 5.10 Å². The third-order valence-electron chi connectivity index (χ3n) is 5.08. The molecule has 0 aliphatic rings. The summed E-state index contributed by atoms with van der Waals surface area (Å²) in [6.45, 7) is 0. The molecule has 0 unspecified atom stereocenters. The second-order valence-electron chi connectivity index (χ2n) is 7.40. The van der Waals surface area contributed by atoms with Crippen LogP contribution in [0.2, 0.25) is 0 Å². The average Bonchev–Trinajstić information content (AvgIpc) is 3.47. The van der Waals surface area contributed by atoms with Crippen LogP contribution in [0.25, 0.3) is 16.7 Å². The highest BCUT2D eigenvalue weighted by molar-refractivity contribution is 7.92. The molecule has 0 bridgehead atoms. The second kappa shape index (κ2) is 8.53. The monoisotopic (exact) mass is 493 g/mol. The van der Waals surface area contributed by atoms with Crippen LogP contribution >= 0.6 is 0 Å². The van der Waals surface area contributed by atoms with Crippen molar-refractivity contribution in [3.8, 4) is 5.69 Å². The number of imidazole rings is 1. The van der Waals surface area contributed by atoms with Crippen molar-refractivity contribution in [2.75, 3.05) is 10.0 Å². The number of nitrogens with zero attached hydrogens (tertiary/aromatic N) is 3. The van der Waals surface area contributed by atoms with Gasteiger partial charge in [-0.05, 0) is 48.5 Å². The van der Waals surface area contributed by atoms with Crippen molar-refractivity contribution in [2.24, 2.45) is 0 Å². The molecule has 0 saturated heterocycles. The van der Waals surface area contributed by atoms with E-state index >= 15 is 0 Å². The normalized spacial score (nSPS) is 11.5. The Morgan fingerprint density at radius 1 is 1.00 bits per heavy atom. The number of hydrogen-bond acceptors (Lipinski definition) is 6. The highest BCUT2D eigenvalue weighted by Gasteiger charge is 2.20. The Balaban J connectivity index is 1.40. The number of carbonyl (C=O) groups is 1. The molecule has 4 N–H and O–H groups in total. The van der Waals surface area contributed by atoms with Gasteiger partial charge in [0.25, 0.3) is 15.9 Å². The summed E-state index contributed by atoms with van der Waals surface area (Å²) in [7, 11) is -4.10. The van der Waals surface area contributed by atoms with E-state index in [1.807, 2.05) is 0 Å². The quantitative estimate of drug-likeness (QED) is 0.285. The Hall–Kier alpha value is -4.78. The Bertz CT molecular complexity index is 1730. The van der Waals surface area contributed by atoms with Crippen molar-refractivity contribution in [1.82, 2.24) is 24.7 Å². The minimum atomic E-state index is -4.10. The van der Waals surface area contributed by atoms with Gasteiger partial charge in [-0.15, -0.1) is 0 Å². The maximum absolute atomic E-state index is 14.5. The lowest BCUT2D eigenvalue weighted by Crippen LogP contribution is -2.18. The minimum Gasteiger partial charge on any atom is -0.322 e. The van der Waals surface area contributed by atoms with E-state index in [1.54, 1.807) is 12.1 Å². The molecule has 176 valence electrons. The molecule has 0 fully saturated rings. The summed E-state index contributed by atoms with van der Waals surface area (Å²) in [5.41, 5.74) is 0.664. The van der Waals surface area contributed by atoms with Crippen molar-refractivity contribution >= 4 is 38.3 Å². The third kappa shape index (κ3) is 4.39. The summed E-state index contributed by atoms with van der Waals surface area (Å²) in [6.07, 6.45) is 2.60. The number of fused-ring (bicyclic) bond motifs is 1. The molecule has 0 radical (unpaired) electrons. The number of nitrogens with one attached hydrogen (secondary N) is 4. The number of sulfonamides is 1. The fourth-order valence-corrected chi connectivity index (χ4v) is 4.56. The van der Waals surface area contributed by atoms with Gasteiger partial charge in [0, 0.05) is 5.69 Å². The van der Waals surface area contributed by atoms with Gasteiger partial charge in [0.1, 0.15) is 18.3 Å². The van der Waals surface area contributed by atoms with Crippen LogP contribution in [0.5, 0.6) is 0 Å². The predicted octanol–water partition coefficient (Wildman–Crippen LogP) is 2.63. The maximum Gasteiger partial charge on any atom is 0.323 e. The van der Waals surface area contributed by atoms with Crippen molar-refractivity contribution in [3.05, 3.63) is 95.2 Å². The Morgan fingerprint density at radius 2 is 1.80 bits per heavy atom. The van der Waals surface area contributed by atoms with Crippen LogP contribution in [-0.2, 0) is 10.0 Å². The topological polar surface area (TPSA) is 155 Å². The largest absolute Gasteiger partial charge is 0.323 e. The molecule has 35 heavy (non-hydrogen) atoms. The maximum atomic E-state index is 14.5. The number of anilines is 2. The Kier molecular flexibility index (Phi) is 5.37. The molecule has 0 saturated carbocycles. The summed E-state index contributed by atoms with van der Waals surface area (Å²) < 4.78 is 44.1. The fraction of sp³-hybridized carbons (Fsp3) is 0. The zero-order chi connectivity index (χ0) is 24.6. The molecule has 0 spiro atoms. The van der Waals surface area contributed by atoms with Gasteiger partial charge in [-0.1, -0.05) is 12.1 Å². The Labute approximate surface area is 196 Å². The van der Waals surface area contributed by atoms with Crippen LogP contribution < -0.4 is 15.7 Å². The first-order valence-electron chi connectivity index (χ1n) is 10.1. The first-order chi connectivity index (χ1) is 16.8. The van der Waals surface area contributed by atoms with Crippen LogP contribution in [0.3, 0.4) is 0 Å². The molecule has 5 rings (SSSR count). The first-order valence-corrected chi connectivity index (χ1v) is 11.6. The van der Waals surface area contributed by atoms with Gasteiger partial charge in [0.05, 0.1) is 27.2 Å². The van der Waals surface area contributed by atoms with E-state index in [-0.39, 0.29) is 27.5 Å². The smallest absolute Gasteiger partial charge is 0.322 e. The zero-order valence-electron chi connectivity index (χ0n) is 17.7. The van der Waals surface area contributed by atoms with Crippen molar-refractivity contribution < 1.29 is 17.6 Å². The van der Waals surface area contributed by atoms with Gasteiger partial charge >= 0.3 is 5.69 Å². The van der Waals surface area contributed by atoms with Gasteiger partial charge in [-0.25, -0.2) is 27.3 Å². The highest BCUT2D eigenvalue weighted by Crippen LogP contribution is 2.24. The number of carbonyl (C=O) groups excluding carboxylic acids is 1. The molecule has 13 heteroatoms. The van der Waals surface area contributed by atoms with E-state index in [1.165, 1.54) is 59.8 Å². The molecular weight excluding hydrogens is 477 g/mol. The number of amides is 1. The van der Waals surface area contributed by atoms with Crippen molar-refractivity contribution in [1.29, 1.82) is 0 Å². The van der Waals surface area contributed by atoms with Crippen molar-refractivity contribution in [3.63, 3.8) is 0 Å². The van der Waals surface area contributed by atoms with E-state index in [4.69, 9.17) is 0 Å². The Morgan fingerprint density at radius 3 is 2.57 bits per heavy atom. The van der Waals surface area contributed by atoms with Crippen LogP contribution in [0.15, 0.2) is 83.0 Å². The van der Waals surface area contributed by atoms with Gasteiger partial charge in [0.15, 0.2) is 5.82 Å². The lowest BCUT2D eigenvalue weighted by Gasteiger charge is -2.13. The lowest BCUT2D eigenvalue weighted by molar-refractivity contribution is 0.102. The predicted molar refractivity (Wildman–Crippen MR) is 125 cm³/mol. The third-order valence-corrected chi connectivity index (χ3v) is 6.45. The number of benzene rings is 3. The van der Waals surface area contributed by atoms with Crippen LogP contribution in [0.4, 0.5) is 15.8 Å². The summed E-state index contributed by atoms with van der Waals surface area (Å²) in [4.78, 5) is 33.1. The minimum absolute atomic E-state index is 0.0207. The standard InChI is InChI=1S/C22H16FN7O4S/c23-16-9-13(5-8-20(16)30-12-24-11-25-30)26-21(31)15-3-1-2-4-17(15)29-35(33,34)14-6-7-18-19(10-14)28-22(32)27-18/h1-12,29H,(H,26,31)(H2,27,28,32). The van der Waals surface area contributed by atoms with Crippen LogP contribution in [0.1, 0.15) is 10.4 Å². The fourth-order valence-electron chi connectivity index (χ4n) is 3.45. The lowest BCUT2D eigenvalue weighted by atomic mass is 10.1. The average molecular weight is 493 g/mol. The van der Waals surface area contributed by atoms with Crippen LogP contribution in [0, 0.1) is 5.82 Å². The van der Waals surface area contributed by atoms with E-state index in [0.29, 0.717) is 11.0 Å². The number of para-hydroxylation sites is 1. The molecular formula is C22H16FN7O4S. The molecule has 2 heterocycles. The SMILES string of the molecule is O=C(Nc1ccc(-n2cncn2)c(F)c1)c1ccccc1NS(=O)(=O)c1ccc2[nH]c(=O)[nH]c2c1. The summed E-state index contributed by atoms with van der Waals surface area (Å²) >= 11 is 0. The van der Waals surface area contributed by atoms with E-state index in [9.17, 15) is 22.4 Å². The molecule has 1 amide bonds. The van der Waals surface area contributed by atoms with Gasteiger partial charge in [-0.3, -0.25) is 9.52 Å². The summed E-state index contributed by atoms with van der Waals surface area (Å²) in [5.74, 6) is -1.29. The number of aromatic amines is 2. The molecule has 0 atom stereocenters. The molecule has 0 aliphatic carbocycles. The van der Waals surface area contributed by atoms with Gasteiger partial charge < -0.3 is 15.3 Å². The number of aromatic nitrogens is 5. The first kappa shape index (κ1) is 22.0.